The third-order valence-corrected chi connectivity index (χ3v) is 4.59. The van der Waals surface area contributed by atoms with E-state index in [1.54, 1.807) is 48.4 Å². The molecule has 7 nitrogen and oxygen atoms in total. The minimum Gasteiger partial charge on any atom is -0.456 e. The lowest BCUT2D eigenvalue weighted by atomic mass is 10.1. The van der Waals surface area contributed by atoms with Crippen LogP contribution in [-0.4, -0.2) is 20.7 Å². The number of halogens is 3. The zero-order valence-electron chi connectivity index (χ0n) is 17.1. The molecule has 0 bridgehead atoms. The standard InChI is InChI=1S/C23H15F3N4O3/c1-29-13-16(12-28-29)20-14-30(17-4-8-19(9-5-17)33-23(24,25)26)22(31)10-21(20)32-18-6-2-15(11-27)3-7-18/h2-10,12-14H,1H3. The number of aromatic nitrogens is 3. The predicted octanol–water partition coefficient (Wildman–Crippen LogP) is 4.80. The van der Waals surface area contributed by atoms with Gasteiger partial charge in [-0.05, 0) is 48.5 Å². The SMILES string of the molecule is Cn1cc(-c2cn(-c3ccc(OC(F)(F)F)cc3)c(=O)cc2Oc2ccc(C#N)cc2)cn1. The number of pyridine rings is 1. The lowest BCUT2D eigenvalue weighted by Crippen LogP contribution is -2.18. The molecule has 33 heavy (non-hydrogen) atoms. The molecule has 4 aromatic rings. The molecule has 166 valence electrons. The number of ether oxygens (including phenoxy) is 2. The topological polar surface area (TPSA) is 82.1 Å². The Morgan fingerprint density at radius 1 is 1.00 bits per heavy atom. The van der Waals surface area contributed by atoms with E-state index in [1.807, 2.05) is 6.07 Å². The van der Waals surface area contributed by atoms with Gasteiger partial charge in [0.15, 0.2) is 0 Å². The molecule has 4 rings (SSSR count). The molecule has 0 aliphatic carbocycles. The zero-order valence-corrected chi connectivity index (χ0v) is 17.1. The van der Waals surface area contributed by atoms with Gasteiger partial charge < -0.3 is 9.47 Å². The molecule has 0 N–H and O–H groups in total. The molecule has 2 heterocycles. The number of nitriles is 1. The van der Waals surface area contributed by atoms with E-state index in [4.69, 9.17) is 10.00 Å². The monoisotopic (exact) mass is 452 g/mol. The number of nitrogens with zero attached hydrogens (tertiary/aromatic N) is 4. The fourth-order valence-electron chi connectivity index (χ4n) is 3.11. The van der Waals surface area contributed by atoms with Crippen molar-refractivity contribution in [1.29, 1.82) is 5.26 Å². The van der Waals surface area contributed by atoms with E-state index < -0.39 is 17.7 Å². The highest BCUT2D eigenvalue weighted by atomic mass is 19.4. The number of hydrogen-bond donors (Lipinski definition) is 0. The van der Waals surface area contributed by atoms with Gasteiger partial charge in [-0.2, -0.15) is 10.4 Å². The largest absolute Gasteiger partial charge is 0.573 e. The van der Waals surface area contributed by atoms with E-state index in [-0.39, 0.29) is 5.75 Å². The van der Waals surface area contributed by atoms with Gasteiger partial charge in [0.1, 0.15) is 17.2 Å². The van der Waals surface area contributed by atoms with Crippen molar-refractivity contribution >= 4 is 0 Å². The van der Waals surface area contributed by atoms with Crippen LogP contribution in [0.2, 0.25) is 0 Å². The fourth-order valence-corrected chi connectivity index (χ4v) is 3.11. The average Bonchev–Trinajstić information content (AvgIpc) is 3.20. The number of rotatable bonds is 5. The molecule has 0 amide bonds. The molecule has 0 atom stereocenters. The molecule has 0 saturated carbocycles. The molecule has 0 fully saturated rings. The molecule has 2 aromatic heterocycles. The quantitative estimate of drug-likeness (QED) is 0.435. The van der Waals surface area contributed by atoms with Crippen molar-refractivity contribution in [2.45, 2.75) is 6.36 Å². The molecule has 0 spiro atoms. The third-order valence-electron chi connectivity index (χ3n) is 4.59. The first-order valence-electron chi connectivity index (χ1n) is 9.52. The lowest BCUT2D eigenvalue weighted by molar-refractivity contribution is -0.274. The van der Waals surface area contributed by atoms with Crippen molar-refractivity contribution in [2.24, 2.45) is 7.05 Å². The van der Waals surface area contributed by atoms with E-state index in [9.17, 15) is 18.0 Å². The van der Waals surface area contributed by atoms with Crippen molar-refractivity contribution in [2.75, 3.05) is 0 Å². The Hall–Kier alpha value is -4.52. The fraction of sp³-hybridized carbons (Fsp3) is 0.0870. The highest BCUT2D eigenvalue weighted by Crippen LogP contribution is 2.33. The number of alkyl halides is 3. The summed E-state index contributed by atoms with van der Waals surface area (Å²) in [5.74, 6) is 0.281. The van der Waals surface area contributed by atoms with Crippen molar-refractivity contribution in [3.63, 3.8) is 0 Å². The van der Waals surface area contributed by atoms with Crippen LogP contribution in [0.5, 0.6) is 17.2 Å². The van der Waals surface area contributed by atoms with Crippen molar-refractivity contribution in [3.8, 4) is 40.1 Å². The van der Waals surface area contributed by atoms with E-state index in [0.29, 0.717) is 28.1 Å². The van der Waals surface area contributed by atoms with Crippen LogP contribution in [0.3, 0.4) is 0 Å². The minimum atomic E-state index is -4.81. The Balaban J connectivity index is 1.75. The number of benzene rings is 2. The van der Waals surface area contributed by atoms with Crippen LogP contribution >= 0.6 is 0 Å². The van der Waals surface area contributed by atoms with Crippen LogP contribution in [0.1, 0.15) is 5.56 Å². The van der Waals surface area contributed by atoms with E-state index >= 15 is 0 Å². The first-order chi connectivity index (χ1) is 15.7. The Morgan fingerprint density at radius 3 is 2.24 bits per heavy atom. The summed E-state index contributed by atoms with van der Waals surface area (Å²) in [6.45, 7) is 0. The van der Waals surface area contributed by atoms with Gasteiger partial charge in [-0.15, -0.1) is 13.2 Å². The highest BCUT2D eigenvalue weighted by Gasteiger charge is 2.31. The summed E-state index contributed by atoms with van der Waals surface area (Å²) < 4.78 is 49.9. The van der Waals surface area contributed by atoms with E-state index in [2.05, 4.69) is 9.84 Å². The summed E-state index contributed by atoms with van der Waals surface area (Å²) >= 11 is 0. The van der Waals surface area contributed by atoms with Gasteiger partial charge in [0, 0.05) is 42.3 Å². The zero-order chi connectivity index (χ0) is 23.6. The van der Waals surface area contributed by atoms with Gasteiger partial charge in [-0.1, -0.05) is 0 Å². The summed E-state index contributed by atoms with van der Waals surface area (Å²) in [6, 6.07) is 14.6. The van der Waals surface area contributed by atoms with Crippen LogP contribution in [0.15, 0.2) is 78.0 Å². The maximum absolute atomic E-state index is 12.8. The molecule has 2 aromatic carbocycles. The Labute approximate surface area is 185 Å². The molecular formula is C23H15F3N4O3. The maximum atomic E-state index is 12.8. The van der Waals surface area contributed by atoms with Crippen LogP contribution < -0.4 is 15.0 Å². The highest BCUT2D eigenvalue weighted by molar-refractivity contribution is 5.69. The Morgan fingerprint density at radius 2 is 1.67 bits per heavy atom. The molecule has 0 aliphatic heterocycles. The number of hydrogen-bond acceptors (Lipinski definition) is 5. The minimum absolute atomic E-state index is 0.256. The molecule has 0 unspecified atom stereocenters. The van der Waals surface area contributed by atoms with Crippen LogP contribution in [0, 0.1) is 11.3 Å². The summed E-state index contributed by atoms with van der Waals surface area (Å²) in [7, 11) is 1.74. The van der Waals surface area contributed by atoms with Gasteiger partial charge in [-0.25, -0.2) is 0 Å². The summed E-state index contributed by atoms with van der Waals surface area (Å²) in [6.07, 6.45) is 0.0420. The third kappa shape index (κ3) is 5.04. The summed E-state index contributed by atoms with van der Waals surface area (Å²) in [5.41, 5.74) is 1.53. The van der Waals surface area contributed by atoms with Crippen molar-refractivity contribution < 1.29 is 22.6 Å². The Bertz CT molecular complexity index is 1380. The second-order valence-electron chi connectivity index (χ2n) is 6.94. The first kappa shape index (κ1) is 21.7. The second-order valence-corrected chi connectivity index (χ2v) is 6.94. The molecule has 0 saturated heterocycles. The first-order valence-corrected chi connectivity index (χ1v) is 9.52. The van der Waals surface area contributed by atoms with Gasteiger partial charge in [-0.3, -0.25) is 14.0 Å². The van der Waals surface area contributed by atoms with Crippen LogP contribution in [-0.2, 0) is 7.05 Å². The van der Waals surface area contributed by atoms with E-state index in [1.165, 1.54) is 29.0 Å². The van der Waals surface area contributed by atoms with Gasteiger partial charge >= 0.3 is 6.36 Å². The maximum Gasteiger partial charge on any atom is 0.573 e. The molecular weight excluding hydrogens is 437 g/mol. The van der Waals surface area contributed by atoms with Crippen molar-refractivity contribution in [1.82, 2.24) is 14.3 Å². The number of aryl methyl sites for hydroxylation is 1. The molecule has 0 aliphatic rings. The predicted molar refractivity (Wildman–Crippen MR) is 112 cm³/mol. The van der Waals surface area contributed by atoms with E-state index in [0.717, 1.165) is 12.1 Å². The second kappa shape index (κ2) is 8.55. The molecule has 10 heteroatoms. The van der Waals surface area contributed by atoms with Crippen LogP contribution in [0.25, 0.3) is 16.8 Å². The van der Waals surface area contributed by atoms with Gasteiger partial charge in [0.05, 0.1) is 17.8 Å². The van der Waals surface area contributed by atoms with Gasteiger partial charge in [0.25, 0.3) is 5.56 Å². The molecule has 0 radical (unpaired) electrons. The average molecular weight is 452 g/mol. The van der Waals surface area contributed by atoms with Gasteiger partial charge in [0.2, 0.25) is 0 Å². The van der Waals surface area contributed by atoms with Crippen LogP contribution in [0.4, 0.5) is 13.2 Å². The van der Waals surface area contributed by atoms with Crippen molar-refractivity contribution in [3.05, 3.63) is 89.1 Å². The summed E-state index contributed by atoms with van der Waals surface area (Å²) in [4.78, 5) is 12.8. The summed E-state index contributed by atoms with van der Waals surface area (Å²) in [5, 5.41) is 13.1. The normalized spacial score (nSPS) is 11.1. The lowest BCUT2D eigenvalue weighted by Gasteiger charge is -2.14. The smallest absolute Gasteiger partial charge is 0.456 e. The Kier molecular flexibility index (Phi) is 5.62.